The zero-order chi connectivity index (χ0) is 19.2. The van der Waals surface area contributed by atoms with Crippen molar-refractivity contribution in [2.24, 2.45) is 5.41 Å². The van der Waals surface area contributed by atoms with Crippen LogP contribution >= 0.6 is 11.7 Å². The third-order valence-corrected chi connectivity index (χ3v) is 5.12. The van der Waals surface area contributed by atoms with E-state index in [-0.39, 0.29) is 18.4 Å². The van der Waals surface area contributed by atoms with Crippen LogP contribution in [0.15, 0.2) is 36.4 Å². The summed E-state index contributed by atoms with van der Waals surface area (Å²) in [5, 5.41) is 2.87. The molecule has 3 aromatic rings. The van der Waals surface area contributed by atoms with Crippen LogP contribution in [0.4, 0.5) is 11.4 Å². The number of rotatable bonds is 2. The Morgan fingerprint density at radius 2 is 1.96 bits per heavy atom. The van der Waals surface area contributed by atoms with Crippen molar-refractivity contribution in [3.05, 3.63) is 42.0 Å². The number of hydrogen-bond donors (Lipinski definition) is 1. The van der Waals surface area contributed by atoms with Crippen LogP contribution in [-0.4, -0.2) is 34.2 Å². The Morgan fingerprint density at radius 3 is 2.78 bits per heavy atom. The third-order valence-electron chi connectivity index (χ3n) is 4.57. The van der Waals surface area contributed by atoms with E-state index < -0.39 is 5.41 Å². The van der Waals surface area contributed by atoms with Crippen LogP contribution in [0, 0.1) is 5.41 Å². The number of nitrogens with one attached hydrogen (secondary N) is 1. The molecule has 2 amide bonds. The van der Waals surface area contributed by atoms with E-state index in [9.17, 15) is 9.59 Å². The fourth-order valence-corrected chi connectivity index (χ4v) is 3.51. The van der Waals surface area contributed by atoms with Crippen molar-refractivity contribution in [2.75, 3.05) is 23.9 Å². The minimum atomic E-state index is -0.617. The Labute approximate surface area is 160 Å². The summed E-state index contributed by atoms with van der Waals surface area (Å²) in [5.74, 6) is 0.305. The first kappa shape index (κ1) is 17.4. The van der Waals surface area contributed by atoms with E-state index in [1.54, 1.807) is 48.3 Å². The van der Waals surface area contributed by atoms with Crippen LogP contribution in [0.1, 0.15) is 24.2 Å². The normalized spacial score (nSPS) is 15.8. The maximum absolute atomic E-state index is 12.6. The zero-order valence-corrected chi connectivity index (χ0v) is 16.0. The lowest BCUT2D eigenvalue weighted by Crippen LogP contribution is -2.39. The second-order valence-electron chi connectivity index (χ2n) is 7.14. The van der Waals surface area contributed by atoms with Crippen LogP contribution in [0.2, 0.25) is 0 Å². The molecular formula is C19H18N4O3S. The van der Waals surface area contributed by atoms with E-state index in [0.717, 1.165) is 17.2 Å². The average Bonchev–Trinajstić information content (AvgIpc) is 3.10. The molecule has 7 nitrogen and oxygen atoms in total. The molecular weight excluding hydrogens is 364 g/mol. The minimum Gasteiger partial charge on any atom is -0.490 e. The third kappa shape index (κ3) is 3.12. The standard InChI is InChI=1S/C19H18N4O3S/c1-19(2)10-26-16-9-12(5-7-15(16)23(3)18(19)25)20-17(24)11-4-6-13-14(8-11)22-27-21-13/h4-9H,10H2,1-3H3,(H,20,24). The molecule has 0 saturated heterocycles. The second kappa shape index (κ2) is 6.31. The van der Waals surface area contributed by atoms with Gasteiger partial charge < -0.3 is 15.0 Å². The summed E-state index contributed by atoms with van der Waals surface area (Å²) in [6.07, 6.45) is 0. The highest BCUT2D eigenvalue weighted by molar-refractivity contribution is 7.00. The number of benzene rings is 2. The average molecular weight is 382 g/mol. The molecule has 0 fully saturated rings. The lowest BCUT2D eigenvalue weighted by Gasteiger charge is -2.24. The van der Waals surface area contributed by atoms with Crippen LogP contribution in [0.3, 0.4) is 0 Å². The quantitative estimate of drug-likeness (QED) is 0.735. The van der Waals surface area contributed by atoms with Gasteiger partial charge in [0.2, 0.25) is 5.91 Å². The lowest BCUT2D eigenvalue weighted by atomic mass is 9.93. The van der Waals surface area contributed by atoms with Crippen molar-refractivity contribution in [3.63, 3.8) is 0 Å². The lowest BCUT2D eigenvalue weighted by molar-refractivity contribution is -0.127. The van der Waals surface area contributed by atoms with Crippen molar-refractivity contribution in [3.8, 4) is 5.75 Å². The van der Waals surface area contributed by atoms with Gasteiger partial charge in [0.1, 0.15) is 23.4 Å². The number of carbonyl (C=O) groups excluding carboxylic acids is 2. The van der Waals surface area contributed by atoms with E-state index in [1.165, 1.54) is 0 Å². The number of amides is 2. The Balaban J connectivity index is 1.60. The fraction of sp³-hybridized carbons (Fsp3) is 0.263. The Morgan fingerprint density at radius 1 is 1.19 bits per heavy atom. The molecule has 1 N–H and O–H groups in total. The molecule has 2 aromatic carbocycles. The maximum Gasteiger partial charge on any atom is 0.255 e. The van der Waals surface area contributed by atoms with Crippen molar-refractivity contribution in [1.29, 1.82) is 0 Å². The van der Waals surface area contributed by atoms with Gasteiger partial charge in [0.15, 0.2) is 0 Å². The Kier molecular flexibility index (Phi) is 4.07. The van der Waals surface area contributed by atoms with E-state index in [2.05, 4.69) is 14.1 Å². The molecule has 8 heteroatoms. The molecule has 0 radical (unpaired) electrons. The molecule has 27 heavy (non-hydrogen) atoms. The fourth-order valence-electron chi connectivity index (χ4n) is 2.99. The van der Waals surface area contributed by atoms with Gasteiger partial charge in [0.25, 0.3) is 5.91 Å². The van der Waals surface area contributed by atoms with E-state index in [0.29, 0.717) is 28.2 Å². The first-order valence-electron chi connectivity index (χ1n) is 8.44. The highest BCUT2D eigenvalue weighted by atomic mass is 32.1. The molecule has 1 aromatic heterocycles. The first-order chi connectivity index (χ1) is 12.8. The molecule has 0 saturated carbocycles. The van der Waals surface area contributed by atoms with Gasteiger partial charge in [-0.15, -0.1) is 0 Å². The molecule has 2 heterocycles. The number of hydrogen-bond acceptors (Lipinski definition) is 6. The van der Waals surface area contributed by atoms with Crippen molar-refractivity contribution < 1.29 is 14.3 Å². The molecule has 1 aliphatic rings. The van der Waals surface area contributed by atoms with Crippen molar-refractivity contribution in [1.82, 2.24) is 8.75 Å². The smallest absolute Gasteiger partial charge is 0.255 e. The van der Waals surface area contributed by atoms with Gasteiger partial charge in [0, 0.05) is 24.4 Å². The Bertz CT molecular complexity index is 1060. The molecule has 0 atom stereocenters. The van der Waals surface area contributed by atoms with Crippen molar-refractivity contribution in [2.45, 2.75) is 13.8 Å². The largest absolute Gasteiger partial charge is 0.490 e. The van der Waals surface area contributed by atoms with Gasteiger partial charge in [-0.05, 0) is 44.2 Å². The number of fused-ring (bicyclic) bond motifs is 2. The molecule has 4 rings (SSSR count). The van der Waals surface area contributed by atoms with Crippen LogP contribution < -0.4 is 15.0 Å². The van der Waals surface area contributed by atoms with Gasteiger partial charge in [0.05, 0.1) is 22.8 Å². The predicted octanol–water partition coefficient (Wildman–Crippen LogP) is 3.33. The molecule has 0 aliphatic carbocycles. The maximum atomic E-state index is 12.6. The van der Waals surface area contributed by atoms with E-state index in [4.69, 9.17) is 4.74 Å². The molecule has 138 valence electrons. The number of nitrogens with zero attached hydrogens (tertiary/aromatic N) is 3. The van der Waals surface area contributed by atoms with Crippen LogP contribution in [0.5, 0.6) is 5.75 Å². The van der Waals surface area contributed by atoms with Gasteiger partial charge in [-0.25, -0.2) is 0 Å². The highest BCUT2D eigenvalue weighted by Gasteiger charge is 2.36. The summed E-state index contributed by atoms with van der Waals surface area (Å²) in [7, 11) is 1.73. The molecule has 0 spiro atoms. The first-order valence-corrected chi connectivity index (χ1v) is 9.17. The zero-order valence-electron chi connectivity index (χ0n) is 15.1. The summed E-state index contributed by atoms with van der Waals surface area (Å²) >= 11 is 1.11. The van der Waals surface area contributed by atoms with Crippen LogP contribution in [-0.2, 0) is 4.79 Å². The van der Waals surface area contributed by atoms with E-state index >= 15 is 0 Å². The SMILES string of the molecule is CN1C(=O)C(C)(C)COc2cc(NC(=O)c3ccc4nsnc4c3)ccc21. The van der Waals surface area contributed by atoms with E-state index in [1.807, 2.05) is 13.8 Å². The summed E-state index contributed by atoms with van der Waals surface area (Å²) in [6, 6.07) is 10.5. The Hall–Kier alpha value is -3.00. The highest BCUT2D eigenvalue weighted by Crippen LogP contribution is 2.37. The second-order valence-corrected chi connectivity index (χ2v) is 7.67. The summed E-state index contributed by atoms with van der Waals surface area (Å²) < 4.78 is 14.1. The molecule has 1 aliphatic heterocycles. The number of ether oxygens (including phenoxy) is 1. The van der Waals surface area contributed by atoms with Gasteiger partial charge in [-0.1, -0.05) is 0 Å². The number of carbonyl (C=O) groups is 2. The predicted molar refractivity (Wildman–Crippen MR) is 104 cm³/mol. The van der Waals surface area contributed by atoms with Crippen LogP contribution in [0.25, 0.3) is 11.0 Å². The summed E-state index contributed by atoms with van der Waals surface area (Å²) in [6.45, 7) is 3.97. The molecule has 0 bridgehead atoms. The van der Waals surface area contributed by atoms with Gasteiger partial charge >= 0.3 is 0 Å². The monoisotopic (exact) mass is 382 g/mol. The number of aromatic nitrogens is 2. The summed E-state index contributed by atoms with van der Waals surface area (Å²) in [5.41, 5.74) is 2.62. The summed E-state index contributed by atoms with van der Waals surface area (Å²) in [4.78, 5) is 26.7. The number of anilines is 2. The van der Waals surface area contributed by atoms with Gasteiger partial charge in [-0.3, -0.25) is 9.59 Å². The van der Waals surface area contributed by atoms with Crippen molar-refractivity contribution >= 4 is 46.0 Å². The molecule has 0 unspecified atom stereocenters. The topological polar surface area (TPSA) is 84.4 Å². The minimum absolute atomic E-state index is 0.0109. The van der Waals surface area contributed by atoms with Gasteiger partial charge in [-0.2, -0.15) is 8.75 Å².